The van der Waals surface area contributed by atoms with Crippen molar-refractivity contribution in [1.29, 1.82) is 0 Å². The molecule has 0 fully saturated rings. The number of fused-ring (bicyclic) bond motifs is 5. The smallest absolute Gasteiger partial charge is 0.100 e. The Morgan fingerprint density at radius 2 is 1.88 bits per heavy atom. The molecule has 0 aliphatic carbocycles. The Bertz CT molecular complexity index is 1340. The topological polar surface area (TPSA) is 42.1 Å². The molecule has 0 bridgehead atoms. The number of nitrogens with zero attached hydrogens (tertiary/aromatic N) is 6. The van der Waals surface area contributed by atoms with Crippen LogP contribution < -0.4 is 0 Å². The molecule has 0 saturated carbocycles. The highest BCUT2D eigenvalue weighted by atomic mass is 15.6. The first kappa shape index (κ1) is 19.1. The molecular formula is C26H26N6. The predicted molar refractivity (Wildman–Crippen MR) is 126 cm³/mol. The lowest BCUT2D eigenvalue weighted by Crippen LogP contribution is -2.30. The first-order valence-electron chi connectivity index (χ1n) is 11.0. The molecule has 2 aliphatic rings. The van der Waals surface area contributed by atoms with Crippen LogP contribution in [0.3, 0.4) is 0 Å². The Hall–Kier alpha value is -3.64. The van der Waals surface area contributed by atoms with Crippen LogP contribution in [0.1, 0.15) is 28.1 Å². The second kappa shape index (κ2) is 7.21. The zero-order valence-electron chi connectivity index (χ0n) is 18.7. The van der Waals surface area contributed by atoms with Gasteiger partial charge in [0.05, 0.1) is 35.5 Å². The summed E-state index contributed by atoms with van der Waals surface area (Å²) in [6, 6.07) is 17.2. The van der Waals surface area contributed by atoms with Crippen LogP contribution in [0.2, 0.25) is 0 Å². The summed E-state index contributed by atoms with van der Waals surface area (Å²) in [5.41, 5.74) is 10.9. The van der Waals surface area contributed by atoms with Crippen LogP contribution in [0.4, 0.5) is 0 Å². The molecule has 0 saturated heterocycles. The van der Waals surface area contributed by atoms with Crippen molar-refractivity contribution >= 4 is 5.57 Å². The third-order valence-corrected chi connectivity index (χ3v) is 6.54. The maximum absolute atomic E-state index is 4.91. The van der Waals surface area contributed by atoms with Gasteiger partial charge in [-0.3, -0.25) is 4.68 Å². The molecule has 0 spiro atoms. The van der Waals surface area contributed by atoms with Crippen molar-refractivity contribution < 1.29 is 0 Å². The summed E-state index contributed by atoms with van der Waals surface area (Å²) in [4.78, 5) is 4.91. The number of aromatic nitrogens is 4. The summed E-state index contributed by atoms with van der Waals surface area (Å²) in [6.45, 7) is 3.84. The summed E-state index contributed by atoms with van der Waals surface area (Å²) in [6.07, 6.45) is 7.05. The van der Waals surface area contributed by atoms with Crippen LogP contribution in [0.5, 0.6) is 0 Å². The molecular weight excluding hydrogens is 396 g/mol. The van der Waals surface area contributed by atoms with E-state index in [4.69, 9.17) is 4.98 Å². The third kappa shape index (κ3) is 2.99. The van der Waals surface area contributed by atoms with Crippen molar-refractivity contribution in [2.24, 2.45) is 7.05 Å². The maximum Gasteiger partial charge on any atom is 0.100 e. The van der Waals surface area contributed by atoms with Gasteiger partial charge in [-0.15, -0.1) is 0 Å². The van der Waals surface area contributed by atoms with Crippen LogP contribution in [0.25, 0.3) is 22.5 Å². The minimum atomic E-state index is 0.811. The van der Waals surface area contributed by atoms with E-state index < -0.39 is 0 Å². The number of hydrazine groups is 1. The Morgan fingerprint density at radius 3 is 2.72 bits per heavy atom. The second-order valence-electron chi connectivity index (χ2n) is 8.80. The predicted octanol–water partition coefficient (Wildman–Crippen LogP) is 4.19. The Balaban J connectivity index is 1.44. The third-order valence-electron chi connectivity index (χ3n) is 6.54. The van der Waals surface area contributed by atoms with Crippen LogP contribution in [-0.2, 0) is 20.0 Å². The van der Waals surface area contributed by atoms with Gasteiger partial charge >= 0.3 is 0 Å². The average molecular weight is 423 g/mol. The van der Waals surface area contributed by atoms with E-state index in [2.05, 4.69) is 88.4 Å². The van der Waals surface area contributed by atoms with E-state index in [1.165, 1.54) is 44.9 Å². The standard InChI is InChI=1S/C26H26N6/c1-18-9-10-23-22(11-18)26-20(13-28-30(26)3)12-24-25(27-17-32(23)24)21-15-29(2)31(16-21)14-19-7-5-4-6-8-19/h4-11,13,16-17H,12,14-15H2,1-3H3. The molecule has 0 radical (unpaired) electrons. The molecule has 160 valence electrons. The minimum Gasteiger partial charge on any atom is -0.308 e. The van der Waals surface area contributed by atoms with E-state index in [1.54, 1.807) is 0 Å². The van der Waals surface area contributed by atoms with Gasteiger partial charge in [-0.25, -0.2) is 9.99 Å². The monoisotopic (exact) mass is 422 g/mol. The Kier molecular flexibility index (Phi) is 4.30. The van der Waals surface area contributed by atoms with Gasteiger partial charge < -0.3 is 9.58 Å². The first-order valence-corrected chi connectivity index (χ1v) is 11.0. The van der Waals surface area contributed by atoms with E-state index in [1.807, 2.05) is 24.3 Å². The van der Waals surface area contributed by atoms with Gasteiger partial charge in [-0.2, -0.15) is 5.10 Å². The highest BCUT2D eigenvalue weighted by Gasteiger charge is 2.28. The van der Waals surface area contributed by atoms with Crippen LogP contribution in [0, 0.1) is 6.92 Å². The van der Waals surface area contributed by atoms with Crippen molar-refractivity contribution in [2.45, 2.75) is 19.9 Å². The molecule has 2 aromatic carbocycles. The lowest BCUT2D eigenvalue weighted by atomic mass is 10.0. The van der Waals surface area contributed by atoms with E-state index in [0.717, 1.165) is 25.2 Å². The molecule has 4 heterocycles. The lowest BCUT2D eigenvalue weighted by Gasteiger charge is -2.24. The van der Waals surface area contributed by atoms with Crippen molar-refractivity contribution in [3.8, 4) is 16.9 Å². The van der Waals surface area contributed by atoms with Gasteiger partial charge in [0.15, 0.2) is 0 Å². The zero-order valence-corrected chi connectivity index (χ0v) is 18.7. The molecule has 0 unspecified atom stereocenters. The van der Waals surface area contributed by atoms with Crippen molar-refractivity contribution in [1.82, 2.24) is 29.3 Å². The summed E-state index contributed by atoms with van der Waals surface area (Å²) >= 11 is 0. The van der Waals surface area contributed by atoms with E-state index >= 15 is 0 Å². The largest absolute Gasteiger partial charge is 0.308 e. The van der Waals surface area contributed by atoms with E-state index in [0.29, 0.717) is 0 Å². The molecule has 2 aromatic heterocycles. The molecule has 32 heavy (non-hydrogen) atoms. The number of likely N-dealkylation sites (N-methyl/N-ethyl adjacent to an activating group) is 1. The van der Waals surface area contributed by atoms with Gasteiger partial charge in [-0.05, 0) is 24.6 Å². The fraction of sp³-hybridized carbons (Fsp3) is 0.231. The van der Waals surface area contributed by atoms with Gasteiger partial charge in [0, 0.05) is 50.0 Å². The van der Waals surface area contributed by atoms with Gasteiger partial charge in [-0.1, -0.05) is 42.0 Å². The maximum atomic E-state index is 4.91. The summed E-state index contributed by atoms with van der Waals surface area (Å²) < 4.78 is 4.27. The van der Waals surface area contributed by atoms with Crippen LogP contribution >= 0.6 is 0 Å². The quantitative estimate of drug-likeness (QED) is 0.437. The van der Waals surface area contributed by atoms with Gasteiger partial charge in [0.25, 0.3) is 0 Å². The first-order chi connectivity index (χ1) is 15.6. The number of imidazole rings is 1. The summed E-state index contributed by atoms with van der Waals surface area (Å²) in [5.74, 6) is 0. The van der Waals surface area contributed by atoms with Crippen LogP contribution in [0.15, 0.2) is 67.3 Å². The molecule has 6 nitrogen and oxygen atoms in total. The number of hydrogen-bond donors (Lipinski definition) is 0. The minimum absolute atomic E-state index is 0.811. The molecule has 4 aromatic rings. The van der Waals surface area contributed by atoms with Crippen molar-refractivity contribution in [2.75, 3.05) is 13.6 Å². The highest BCUT2D eigenvalue weighted by Crippen LogP contribution is 2.38. The molecule has 6 heteroatoms. The fourth-order valence-electron chi connectivity index (χ4n) is 4.94. The van der Waals surface area contributed by atoms with E-state index in [-0.39, 0.29) is 0 Å². The average Bonchev–Trinajstić information content (AvgIpc) is 3.44. The number of aryl methyl sites for hydroxylation is 2. The molecule has 0 atom stereocenters. The van der Waals surface area contributed by atoms with Gasteiger partial charge in [0.1, 0.15) is 6.33 Å². The highest BCUT2D eigenvalue weighted by molar-refractivity contribution is 5.77. The Labute approximate surface area is 188 Å². The van der Waals surface area contributed by atoms with Gasteiger partial charge in [0.2, 0.25) is 0 Å². The van der Waals surface area contributed by atoms with Crippen LogP contribution in [-0.4, -0.2) is 42.9 Å². The molecule has 2 aliphatic heterocycles. The number of benzene rings is 2. The number of rotatable bonds is 3. The molecule has 6 rings (SSSR count). The molecule has 0 N–H and O–H groups in total. The summed E-state index contributed by atoms with van der Waals surface area (Å²) in [5, 5.41) is 9.12. The second-order valence-corrected chi connectivity index (χ2v) is 8.80. The summed E-state index contributed by atoms with van der Waals surface area (Å²) in [7, 11) is 4.17. The van der Waals surface area contributed by atoms with Crippen molar-refractivity contribution in [3.63, 3.8) is 0 Å². The molecule has 0 amide bonds. The normalized spacial score (nSPS) is 15.2. The van der Waals surface area contributed by atoms with Crippen molar-refractivity contribution in [3.05, 3.63) is 95.3 Å². The SMILES string of the molecule is Cc1ccc2c(c1)-c1c(cnn1C)Cc1c(C3=CN(Cc4ccccc4)N(C)C3)ncn1-2. The number of hydrogen-bond acceptors (Lipinski definition) is 4. The zero-order chi connectivity index (χ0) is 21.8. The lowest BCUT2D eigenvalue weighted by molar-refractivity contribution is 0.0764. The fourth-order valence-corrected chi connectivity index (χ4v) is 4.94. The Morgan fingerprint density at radius 1 is 1.03 bits per heavy atom. The van der Waals surface area contributed by atoms with E-state index in [9.17, 15) is 0 Å².